The predicted octanol–water partition coefficient (Wildman–Crippen LogP) is 2.96. The molecule has 28 heavy (non-hydrogen) atoms. The lowest BCUT2D eigenvalue weighted by molar-refractivity contribution is -0.116. The zero-order chi connectivity index (χ0) is 20.1. The standard InChI is InChI=1S/C20H23N3O3S2/c1-14-12-15(19(25)23-7-10-27-11-8-23)5-6-16(14)21-18(24)13-22(2)20(26)17-4-3-9-28-17/h3-6,9,12H,7-8,10-11,13H2,1-2H3,(H,21,24). The van der Waals surface area contributed by atoms with E-state index >= 15 is 0 Å². The van der Waals surface area contributed by atoms with Crippen molar-refractivity contribution in [3.63, 3.8) is 0 Å². The van der Waals surface area contributed by atoms with Crippen LogP contribution in [0.5, 0.6) is 0 Å². The fraction of sp³-hybridized carbons (Fsp3) is 0.350. The molecule has 0 saturated carbocycles. The van der Waals surface area contributed by atoms with E-state index < -0.39 is 0 Å². The summed E-state index contributed by atoms with van der Waals surface area (Å²) in [5.74, 6) is 1.51. The molecule has 0 unspecified atom stereocenters. The van der Waals surface area contributed by atoms with Crippen LogP contribution in [0.3, 0.4) is 0 Å². The van der Waals surface area contributed by atoms with Gasteiger partial charge in [0, 0.05) is 42.9 Å². The van der Waals surface area contributed by atoms with Crippen LogP contribution in [0.2, 0.25) is 0 Å². The molecule has 0 aliphatic carbocycles. The number of thioether (sulfide) groups is 1. The summed E-state index contributed by atoms with van der Waals surface area (Å²) in [7, 11) is 1.60. The molecule has 6 nitrogen and oxygen atoms in total. The summed E-state index contributed by atoms with van der Waals surface area (Å²) in [6.07, 6.45) is 0. The molecule has 0 radical (unpaired) electrons. The van der Waals surface area contributed by atoms with E-state index in [1.807, 2.05) is 29.0 Å². The molecule has 1 aromatic carbocycles. The summed E-state index contributed by atoms with van der Waals surface area (Å²) in [4.78, 5) is 41.0. The van der Waals surface area contributed by atoms with Gasteiger partial charge < -0.3 is 15.1 Å². The van der Waals surface area contributed by atoms with Gasteiger partial charge >= 0.3 is 0 Å². The molecule has 0 bridgehead atoms. The van der Waals surface area contributed by atoms with Crippen LogP contribution in [0.4, 0.5) is 5.69 Å². The van der Waals surface area contributed by atoms with Crippen LogP contribution < -0.4 is 5.32 Å². The van der Waals surface area contributed by atoms with Crippen molar-refractivity contribution in [1.29, 1.82) is 0 Å². The maximum absolute atomic E-state index is 12.6. The van der Waals surface area contributed by atoms with Crippen LogP contribution in [0.1, 0.15) is 25.6 Å². The first-order chi connectivity index (χ1) is 13.5. The highest BCUT2D eigenvalue weighted by atomic mass is 32.2. The minimum Gasteiger partial charge on any atom is -0.337 e. The summed E-state index contributed by atoms with van der Waals surface area (Å²) >= 11 is 3.21. The molecule has 0 atom stereocenters. The second-order valence-electron chi connectivity index (χ2n) is 6.62. The second kappa shape index (κ2) is 9.25. The highest BCUT2D eigenvalue weighted by molar-refractivity contribution is 7.99. The van der Waals surface area contributed by atoms with Crippen molar-refractivity contribution < 1.29 is 14.4 Å². The second-order valence-corrected chi connectivity index (χ2v) is 8.79. The number of carbonyl (C=O) groups excluding carboxylic acids is 3. The van der Waals surface area contributed by atoms with Crippen LogP contribution in [0.15, 0.2) is 35.7 Å². The zero-order valence-corrected chi connectivity index (χ0v) is 17.6. The maximum atomic E-state index is 12.6. The monoisotopic (exact) mass is 417 g/mol. The van der Waals surface area contributed by atoms with Crippen LogP contribution in [0.25, 0.3) is 0 Å². The highest BCUT2D eigenvalue weighted by Crippen LogP contribution is 2.19. The number of likely N-dealkylation sites (N-methyl/N-ethyl adjacent to an activating group) is 1. The Bertz CT molecular complexity index is 862. The molecule has 0 spiro atoms. The molecule has 3 amide bonds. The molecule has 2 aromatic rings. The number of thiophene rings is 1. The van der Waals surface area contributed by atoms with E-state index in [0.717, 1.165) is 30.2 Å². The number of rotatable bonds is 5. The van der Waals surface area contributed by atoms with Gasteiger partial charge in [-0.05, 0) is 42.1 Å². The first-order valence-corrected chi connectivity index (χ1v) is 11.1. The Morgan fingerprint density at radius 1 is 1.18 bits per heavy atom. The summed E-state index contributed by atoms with van der Waals surface area (Å²) < 4.78 is 0. The molecular formula is C20H23N3O3S2. The van der Waals surface area contributed by atoms with Crippen molar-refractivity contribution in [3.8, 4) is 0 Å². The van der Waals surface area contributed by atoms with Crippen molar-refractivity contribution in [1.82, 2.24) is 9.80 Å². The maximum Gasteiger partial charge on any atom is 0.264 e. The number of hydrogen-bond acceptors (Lipinski definition) is 5. The number of carbonyl (C=O) groups is 3. The third-order valence-corrected chi connectivity index (χ3v) is 6.31. The summed E-state index contributed by atoms with van der Waals surface area (Å²) in [5, 5.41) is 4.66. The van der Waals surface area contributed by atoms with E-state index in [4.69, 9.17) is 0 Å². The van der Waals surface area contributed by atoms with Crippen LogP contribution >= 0.6 is 23.1 Å². The minimum atomic E-state index is -0.275. The Morgan fingerprint density at radius 3 is 2.57 bits per heavy atom. The van der Waals surface area contributed by atoms with Gasteiger partial charge in [0.05, 0.1) is 11.4 Å². The van der Waals surface area contributed by atoms with Crippen LogP contribution in [-0.4, -0.2) is 65.7 Å². The van der Waals surface area contributed by atoms with E-state index in [1.54, 1.807) is 37.4 Å². The highest BCUT2D eigenvalue weighted by Gasteiger charge is 2.20. The molecule has 1 aliphatic rings. The van der Waals surface area contributed by atoms with Gasteiger partial charge in [-0.1, -0.05) is 6.07 Å². The third-order valence-electron chi connectivity index (χ3n) is 4.51. The SMILES string of the molecule is Cc1cc(C(=O)N2CCSCC2)ccc1NC(=O)CN(C)C(=O)c1cccs1. The fourth-order valence-electron chi connectivity index (χ4n) is 2.95. The average Bonchev–Trinajstić information content (AvgIpc) is 3.23. The first kappa shape index (κ1) is 20.4. The Hall–Kier alpha value is -2.32. The van der Waals surface area contributed by atoms with E-state index in [2.05, 4.69) is 5.32 Å². The van der Waals surface area contributed by atoms with E-state index in [0.29, 0.717) is 16.1 Å². The number of nitrogens with zero attached hydrogens (tertiary/aromatic N) is 2. The van der Waals surface area contributed by atoms with Crippen LogP contribution in [-0.2, 0) is 4.79 Å². The van der Waals surface area contributed by atoms with Crippen molar-refractivity contribution in [2.75, 3.05) is 43.5 Å². The van der Waals surface area contributed by atoms with Gasteiger partial charge in [-0.25, -0.2) is 0 Å². The van der Waals surface area contributed by atoms with Crippen molar-refractivity contribution in [2.24, 2.45) is 0 Å². The summed E-state index contributed by atoms with van der Waals surface area (Å²) in [6, 6.07) is 8.84. The van der Waals surface area contributed by atoms with Gasteiger partial charge in [-0.3, -0.25) is 14.4 Å². The smallest absolute Gasteiger partial charge is 0.264 e. The summed E-state index contributed by atoms with van der Waals surface area (Å²) in [6.45, 7) is 3.36. The lowest BCUT2D eigenvalue weighted by atomic mass is 10.1. The van der Waals surface area contributed by atoms with Gasteiger partial charge in [0.1, 0.15) is 0 Å². The Balaban J connectivity index is 1.60. The average molecular weight is 418 g/mol. The third kappa shape index (κ3) is 4.94. The number of hydrogen-bond donors (Lipinski definition) is 1. The minimum absolute atomic E-state index is 0.0301. The molecule has 1 fully saturated rings. The van der Waals surface area contributed by atoms with Crippen LogP contribution in [0, 0.1) is 6.92 Å². The van der Waals surface area contributed by atoms with Gasteiger partial charge in [-0.2, -0.15) is 11.8 Å². The summed E-state index contributed by atoms with van der Waals surface area (Å²) in [5.41, 5.74) is 2.10. The number of aryl methyl sites for hydroxylation is 1. The lowest BCUT2D eigenvalue weighted by Gasteiger charge is -2.26. The number of anilines is 1. The normalized spacial score (nSPS) is 13.9. The van der Waals surface area contributed by atoms with E-state index in [-0.39, 0.29) is 24.3 Å². The quantitative estimate of drug-likeness (QED) is 0.812. The van der Waals surface area contributed by atoms with Gasteiger partial charge in [-0.15, -0.1) is 11.3 Å². The molecule has 1 saturated heterocycles. The van der Waals surface area contributed by atoms with E-state index in [1.165, 1.54) is 16.2 Å². The topological polar surface area (TPSA) is 69.7 Å². The predicted molar refractivity (Wildman–Crippen MR) is 114 cm³/mol. The number of nitrogens with one attached hydrogen (secondary N) is 1. The van der Waals surface area contributed by atoms with Crippen molar-refractivity contribution in [2.45, 2.75) is 6.92 Å². The molecule has 1 N–H and O–H groups in total. The van der Waals surface area contributed by atoms with E-state index in [9.17, 15) is 14.4 Å². The Kier molecular flexibility index (Phi) is 6.74. The fourth-order valence-corrected chi connectivity index (χ4v) is 4.57. The molecule has 1 aromatic heterocycles. The zero-order valence-electron chi connectivity index (χ0n) is 15.9. The molecule has 1 aliphatic heterocycles. The first-order valence-electron chi connectivity index (χ1n) is 9.02. The molecular weight excluding hydrogens is 394 g/mol. The molecule has 8 heteroatoms. The van der Waals surface area contributed by atoms with Gasteiger partial charge in [0.25, 0.3) is 11.8 Å². The Labute approximate surface area is 172 Å². The number of benzene rings is 1. The largest absolute Gasteiger partial charge is 0.337 e. The molecule has 148 valence electrons. The van der Waals surface area contributed by atoms with Crippen molar-refractivity contribution in [3.05, 3.63) is 51.7 Å². The Morgan fingerprint density at radius 2 is 1.93 bits per heavy atom. The van der Waals surface area contributed by atoms with Gasteiger partial charge in [0.2, 0.25) is 5.91 Å². The number of amides is 3. The lowest BCUT2D eigenvalue weighted by Crippen LogP contribution is -2.38. The molecule has 2 heterocycles. The molecule has 3 rings (SSSR count). The van der Waals surface area contributed by atoms with Crippen molar-refractivity contribution >= 4 is 46.5 Å². The van der Waals surface area contributed by atoms with Gasteiger partial charge in [0.15, 0.2) is 0 Å².